The van der Waals surface area contributed by atoms with E-state index in [-0.39, 0.29) is 35.8 Å². The molecule has 1 heterocycles. The SMILES string of the molecule is COc1cc(/C=C2\SC(=O)N(CCOc3ccc(Cl)cc3)C2=O)ccc1OCC(=O)Nc1ccccc1. The molecule has 0 atom stereocenters. The average Bonchev–Trinajstić information content (AvgIpc) is 3.16. The highest BCUT2D eigenvalue weighted by atomic mass is 35.5. The quantitative estimate of drug-likeness (QED) is 0.341. The van der Waals surface area contributed by atoms with E-state index in [1.165, 1.54) is 7.11 Å². The zero-order valence-electron chi connectivity index (χ0n) is 19.8. The minimum atomic E-state index is -0.397. The van der Waals surface area contributed by atoms with E-state index in [9.17, 15) is 14.4 Å². The summed E-state index contributed by atoms with van der Waals surface area (Å²) in [5, 5.41) is 2.97. The van der Waals surface area contributed by atoms with E-state index in [1.807, 2.05) is 18.2 Å². The van der Waals surface area contributed by atoms with Crippen LogP contribution in [-0.2, 0) is 9.59 Å². The number of carbonyl (C=O) groups is 3. The third-order valence-electron chi connectivity index (χ3n) is 5.17. The van der Waals surface area contributed by atoms with Crippen molar-refractivity contribution in [3.8, 4) is 17.2 Å². The average molecular weight is 539 g/mol. The second-order valence-corrected chi connectivity index (χ2v) is 9.18. The lowest BCUT2D eigenvalue weighted by Gasteiger charge is -2.13. The monoisotopic (exact) mass is 538 g/mol. The third-order valence-corrected chi connectivity index (χ3v) is 6.33. The summed E-state index contributed by atoms with van der Waals surface area (Å²) in [6, 6.07) is 20.9. The van der Waals surface area contributed by atoms with E-state index in [1.54, 1.807) is 60.7 Å². The van der Waals surface area contributed by atoms with Gasteiger partial charge in [-0.2, -0.15) is 0 Å². The normalized spacial score (nSPS) is 14.1. The number of anilines is 1. The maximum absolute atomic E-state index is 12.8. The maximum Gasteiger partial charge on any atom is 0.293 e. The number of hydrogen-bond acceptors (Lipinski definition) is 7. The Hall–Kier alpha value is -3.95. The molecule has 4 rings (SSSR count). The molecule has 1 aliphatic rings. The number of halogens is 1. The highest BCUT2D eigenvalue weighted by Gasteiger charge is 2.34. The predicted octanol–water partition coefficient (Wildman–Crippen LogP) is 5.48. The molecule has 1 aliphatic heterocycles. The van der Waals surface area contributed by atoms with Crippen molar-refractivity contribution in [2.75, 3.05) is 32.2 Å². The van der Waals surface area contributed by atoms with Crippen LogP contribution in [0.2, 0.25) is 5.02 Å². The number of para-hydroxylation sites is 1. The summed E-state index contributed by atoms with van der Waals surface area (Å²) >= 11 is 6.72. The smallest absolute Gasteiger partial charge is 0.293 e. The van der Waals surface area contributed by atoms with Gasteiger partial charge in [-0.3, -0.25) is 19.3 Å². The van der Waals surface area contributed by atoms with Gasteiger partial charge in [0, 0.05) is 10.7 Å². The van der Waals surface area contributed by atoms with Gasteiger partial charge in [0.25, 0.3) is 17.1 Å². The van der Waals surface area contributed by atoms with E-state index in [0.717, 1.165) is 16.7 Å². The number of imide groups is 1. The van der Waals surface area contributed by atoms with E-state index in [0.29, 0.717) is 33.5 Å². The molecule has 190 valence electrons. The Kier molecular flexibility index (Phi) is 8.71. The third kappa shape index (κ3) is 7.05. The second-order valence-electron chi connectivity index (χ2n) is 7.75. The van der Waals surface area contributed by atoms with Gasteiger partial charge in [0.15, 0.2) is 18.1 Å². The lowest BCUT2D eigenvalue weighted by Crippen LogP contribution is -2.32. The fourth-order valence-corrected chi connectivity index (χ4v) is 4.38. The molecule has 0 unspecified atom stereocenters. The van der Waals surface area contributed by atoms with Crippen LogP contribution in [0.3, 0.4) is 0 Å². The van der Waals surface area contributed by atoms with Crippen LogP contribution in [0.5, 0.6) is 17.2 Å². The molecule has 0 saturated carbocycles. The van der Waals surface area contributed by atoms with Crippen LogP contribution in [0.15, 0.2) is 77.7 Å². The first-order chi connectivity index (χ1) is 17.9. The first kappa shape index (κ1) is 26.1. The van der Waals surface area contributed by atoms with Gasteiger partial charge < -0.3 is 19.5 Å². The molecule has 0 radical (unpaired) electrons. The molecule has 0 aliphatic carbocycles. The van der Waals surface area contributed by atoms with Crippen LogP contribution >= 0.6 is 23.4 Å². The first-order valence-corrected chi connectivity index (χ1v) is 12.4. The molecule has 3 amide bonds. The zero-order valence-corrected chi connectivity index (χ0v) is 21.4. The van der Waals surface area contributed by atoms with Crippen LogP contribution in [0.25, 0.3) is 6.08 Å². The molecule has 3 aromatic carbocycles. The van der Waals surface area contributed by atoms with E-state index in [4.69, 9.17) is 25.8 Å². The molecule has 0 aromatic heterocycles. The minimum absolute atomic E-state index is 0.117. The zero-order chi connectivity index (χ0) is 26.2. The Bertz CT molecular complexity index is 1310. The summed E-state index contributed by atoms with van der Waals surface area (Å²) in [7, 11) is 1.48. The molecule has 0 bridgehead atoms. The number of methoxy groups -OCH3 is 1. The number of nitrogens with zero attached hydrogens (tertiary/aromatic N) is 1. The highest BCUT2D eigenvalue weighted by molar-refractivity contribution is 8.18. The predicted molar refractivity (Wildman–Crippen MR) is 143 cm³/mol. The summed E-state index contributed by atoms with van der Waals surface area (Å²) in [4.78, 5) is 38.8. The Labute approximate surface area is 223 Å². The number of hydrogen-bond donors (Lipinski definition) is 1. The second kappa shape index (κ2) is 12.3. The Morgan fingerprint density at radius 1 is 1.00 bits per heavy atom. The molecule has 37 heavy (non-hydrogen) atoms. The maximum atomic E-state index is 12.8. The van der Waals surface area contributed by atoms with Crippen LogP contribution < -0.4 is 19.5 Å². The Morgan fingerprint density at radius 3 is 2.49 bits per heavy atom. The van der Waals surface area contributed by atoms with Crippen molar-refractivity contribution in [3.05, 3.63) is 88.3 Å². The van der Waals surface area contributed by atoms with Gasteiger partial charge in [0.1, 0.15) is 12.4 Å². The van der Waals surface area contributed by atoms with Crippen molar-refractivity contribution in [1.29, 1.82) is 0 Å². The number of thioether (sulfide) groups is 1. The number of amides is 3. The number of carbonyl (C=O) groups excluding carboxylic acids is 3. The minimum Gasteiger partial charge on any atom is -0.493 e. The molecular weight excluding hydrogens is 516 g/mol. The standard InChI is InChI=1S/C27H23ClN2O6S/c1-34-23-15-18(7-12-22(23)36-17-25(31)29-20-5-3-2-4-6-20)16-24-26(32)30(27(33)37-24)13-14-35-21-10-8-19(28)9-11-21/h2-12,15-16H,13-14,17H2,1H3,(H,29,31)/b24-16-. The summed E-state index contributed by atoms with van der Waals surface area (Å²) in [6.45, 7) is 0.0675. The summed E-state index contributed by atoms with van der Waals surface area (Å²) in [6.07, 6.45) is 1.61. The molecule has 0 spiro atoms. The van der Waals surface area contributed by atoms with Crippen molar-refractivity contribution in [3.63, 3.8) is 0 Å². The van der Waals surface area contributed by atoms with Crippen LogP contribution in [0.1, 0.15) is 5.56 Å². The Balaban J connectivity index is 1.35. The van der Waals surface area contributed by atoms with Gasteiger partial charge in [-0.25, -0.2) is 0 Å². The largest absolute Gasteiger partial charge is 0.493 e. The van der Waals surface area contributed by atoms with Crippen molar-refractivity contribution in [1.82, 2.24) is 4.90 Å². The van der Waals surface area contributed by atoms with Crippen LogP contribution in [0.4, 0.5) is 10.5 Å². The number of benzene rings is 3. The number of nitrogens with one attached hydrogen (secondary N) is 1. The lowest BCUT2D eigenvalue weighted by atomic mass is 10.2. The summed E-state index contributed by atoms with van der Waals surface area (Å²) in [5.41, 5.74) is 1.31. The van der Waals surface area contributed by atoms with Gasteiger partial charge in [-0.15, -0.1) is 0 Å². The van der Waals surface area contributed by atoms with E-state index < -0.39 is 5.91 Å². The van der Waals surface area contributed by atoms with Gasteiger partial charge in [0.05, 0.1) is 18.6 Å². The number of ether oxygens (including phenoxy) is 3. The number of rotatable bonds is 10. The van der Waals surface area contributed by atoms with Crippen molar-refractivity contribution < 1.29 is 28.6 Å². The van der Waals surface area contributed by atoms with Crippen LogP contribution in [-0.4, -0.2) is 48.8 Å². The first-order valence-electron chi connectivity index (χ1n) is 11.2. The highest BCUT2D eigenvalue weighted by Crippen LogP contribution is 2.34. The molecule has 1 fully saturated rings. The molecule has 10 heteroatoms. The van der Waals surface area contributed by atoms with Crippen molar-refractivity contribution >= 4 is 52.2 Å². The molecule has 1 saturated heterocycles. The van der Waals surface area contributed by atoms with E-state index in [2.05, 4.69) is 5.32 Å². The van der Waals surface area contributed by atoms with Crippen molar-refractivity contribution in [2.24, 2.45) is 0 Å². The molecular formula is C27H23ClN2O6S. The van der Waals surface area contributed by atoms with Crippen molar-refractivity contribution in [2.45, 2.75) is 0 Å². The van der Waals surface area contributed by atoms with Gasteiger partial charge >= 0.3 is 0 Å². The molecule has 1 N–H and O–H groups in total. The molecule has 8 nitrogen and oxygen atoms in total. The van der Waals surface area contributed by atoms with E-state index >= 15 is 0 Å². The molecule has 3 aromatic rings. The summed E-state index contributed by atoms with van der Waals surface area (Å²) < 4.78 is 16.6. The summed E-state index contributed by atoms with van der Waals surface area (Å²) in [5.74, 6) is 0.642. The van der Waals surface area contributed by atoms with Gasteiger partial charge in [-0.1, -0.05) is 35.9 Å². The van der Waals surface area contributed by atoms with Gasteiger partial charge in [0.2, 0.25) is 0 Å². The fourth-order valence-electron chi connectivity index (χ4n) is 3.38. The van der Waals surface area contributed by atoms with Gasteiger partial charge in [-0.05, 0) is 71.9 Å². The fraction of sp³-hybridized carbons (Fsp3) is 0.148. The lowest BCUT2D eigenvalue weighted by molar-refractivity contribution is -0.123. The van der Waals surface area contributed by atoms with Crippen LogP contribution in [0, 0.1) is 0 Å². The topological polar surface area (TPSA) is 94.2 Å². The Morgan fingerprint density at radius 2 is 1.76 bits per heavy atom.